The molecule has 1 fully saturated rings. The van der Waals surface area contributed by atoms with Gasteiger partial charge in [-0.2, -0.15) is 0 Å². The molecule has 0 bridgehead atoms. The van der Waals surface area contributed by atoms with Gasteiger partial charge in [0.1, 0.15) is 5.82 Å². The number of piperazine rings is 1. The zero-order chi connectivity index (χ0) is 24.3. The van der Waals surface area contributed by atoms with E-state index in [1.807, 2.05) is 84.8 Å². The number of carbonyl (C=O) groups is 1. The molecule has 180 valence electrons. The molecule has 0 saturated carbocycles. The highest BCUT2D eigenvalue weighted by Crippen LogP contribution is 2.25. The van der Waals surface area contributed by atoms with E-state index in [1.54, 1.807) is 0 Å². The van der Waals surface area contributed by atoms with Crippen molar-refractivity contribution in [1.82, 2.24) is 24.7 Å². The minimum atomic E-state index is -0.261. The van der Waals surface area contributed by atoms with Crippen LogP contribution in [-0.4, -0.2) is 57.1 Å². The van der Waals surface area contributed by atoms with Crippen molar-refractivity contribution < 1.29 is 4.79 Å². The summed E-state index contributed by atoms with van der Waals surface area (Å²) in [5, 5.41) is 3.69. The topological polar surface area (TPSA) is 70.5 Å². The fourth-order valence-corrected chi connectivity index (χ4v) is 4.60. The van der Waals surface area contributed by atoms with Gasteiger partial charge < -0.3 is 10.2 Å². The predicted molar refractivity (Wildman–Crippen MR) is 136 cm³/mol. The van der Waals surface area contributed by atoms with E-state index in [-0.39, 0.29) is 23.2 Å². The predicted octanol–water partition coefficient (Wildman–Crippen LogP) is 4.02. The second kappa shape index (κ2) is 9.97. The van der Waals surface area contributed by atoms with Crippen LogP contribution in [0.15, 0.2) is 59.4 Å². The van der Waals surface area contributed by atoms with Gasteiger partial charge in [-0.1, -0.05) is 49.4 Å². The summed E-state index contributed by atoms with van der Waals surface area (Å²) < 4.78 is 1.84. The molecule has 2 amide bonds. The lowest BCUT2D eigenvalue weighted by atomic mass is 10.1. The molecule has 1 atom stereocenters. The molecule has 7 nitrogen and oxygen atoms in total. The van der Waals surface area contributed by atoms with Crippen molar-refractivity contribution in [3.05, 3.63) is 76.3 Å². The first-order valence-electron chi connectivity index (χ1n) is 12.1. The molecular weight excluding hydrogens is 426 g/mol. The molecular formula is C27H35N5O2. The number of hydrogen-bond acceptors (Lipinski definition) is 4. The van der Waals surface area contributed by atoms with E-state index in [2.05, 4.69) is 17.1 Å². The van der Waals surface area contributed by atoms with Crippen molar-refractivity contribution in [1.29, 1.82) is 0 Å². The highest BCUT2D eigenvalue weighted by molar-refractivity contribution is 5.77. The lowest BCUT2D eigenvalue weighted by Gasteiger charge is -2.40. The summed E-state index contributed by atoms with van der Waals surface area (Å²) in [4.78, 5) is 35.4. The Balaban J connectivity index is 1.64. The Morgan fingerprint density at radius 2 is 1.65 bits per heavy atom. The van der Waals surface area contributed by atoms with Crippen molar-refractivity contribution in [3.8, 4) is 0 Å². The third kappa shape index (κ3) is 5.30. The summed E-state index contributed by atoms with van der Waals surface area (Å²) >= 11 is 0. The van der Waals surface area contributed by atoms with E-state index in [4.69, 9.17) is 4.98 Å². The average Bonchev–Trinajstić information content (AvgIpc) is 2.82. The molecule has 1 N–H and O–H groups in total. The second-order valence-electron chi connectivity index (χ2n) is 9.99. The van der Waals surface area contributed by atoms with Crippen LogP contribution < -0.4 is 10.9 Å². The number of hydrogen-bond donors (Lipinski definition) is 1. The van der Waals surface area contributed by atoms with Crippen LogP contribution in [0, 0.1) is 0 Å². The van der Waals surface area contributed by atoms with E-state index in [1.165, 1.54) is 0 Å². The standard InChI is InChI=1S/C27H35N5O2/c1-5-23(30-15-17-31(18-16-30)26(34)29-27(2,3)4)24-28-22-14-10-9-13-21(22)25(33)32(24)19-20-11-7-6-8-12-20/h6-14,23H,5,15-19H2,1-4H3,(H,29,34). The number of rotatable bonds is 5. The maximum Gasteiger partial charge on any atom is 0.317 e. The average molecular weight is 462 g/mol. The molecule has 0 aliphatic carbocycles. The van der Waals surface area contributed by atoms with Crippen LogP contribution in [0.2, 0.25) is 0 Å². The molecule has 7 heteroatoms. The first-order valence-corrected chi connectivity index (χ1v) is 12.1. The van der Waals surface area contributed by atoms with E-state index < -0.39 is 0 Å². The Morgan fingerprint density at radius 1 is 1.00 bits per heavy atom. The molecule has 4 rings (SSSR count). The highest BCUT2D eigenvalue weighted by atomic mass is 16.2. The Bertz CT molecular complexity index is 1190. The maximum absolute atomic E-state index is 13.6. The van der Waals surface area contributed by atoms with Crippen LogP contribution in [0.3, 0.4) is 0 Å². The van der Waals surface area contributed by atoms with E-state index in [0.717, 1.165) is 36.4 Å². The smallest absolute Gasteiger partial charge is 0.317 e. The number of fused-ring (bicyclic) bond motifs is 1. The van der Waals surface area contributed by atoms with Crippen molar-refractivity contribution >= 4 is 16.9 Å². The molecule has 1 saturated heterocycles. The first-order chi connectivity index (χ1) is 16.3. The largest absolute Gasteiger partial charge is 0.333 e. The third-order valence-corrected chi connectivity index (χ3v) is 6.28. The van der Waals surface area contributed by atoms with Crippen LogP contribution in [-0.2, 0) is 6.54 Å². The summed E-state index contributed by atoms with van der Waals surface area (Å²) in [6.07, 6.45) is 0.827. The molecule has 1 aliphatic rings. The molecule has 2 heterocycles. The van der Waals surface area contributed by atoms with Gasteiger partial charge in [0.2, 0.25) is 0 Å². The van der Waals surface area contributed by atoms with Crippen LogP contribution in [0.4, 0.5) is 4.79 Å². The van der Waals surface area contributed by atoms with Crippen molar-refractivity contribution in [2.24, 2.45) is 0 Å². The Kier molecular flexibility index (Phi) is 7.03. The zero-order valence-corrected chi connectivity index (χ0v) is 20.6. The van der Waals surface area contributed by atoms with Gasteiger partial charge in [0.15, 0.2) is 0 Å². The van der Waals surface area contributed by atoms with Crippen molar-refractivity contribution in [2.75, 3.05) is 26.2 Å². The van der Waals surface area contributed by atoms with Gasteiger partial charge in [0.05, 0.1) is 23.5 Å². The number of para-hydroxylation sites is 1. The van der Waals surface area contributed by atoms with Crippen LogP contribution in [0.5, 0.6) is 0 Å². The number of amides is 2. The molecule has 3 aromatic rings. The number of carbonyl (C=O) groups excluding carboxylic acids is 1. The summed E-state index contributed by atoms with van der Waals surface area (Å²) in [6, 6.07) is 17.6. The number of urea groups is 1. The minimum absolute atomic E-state index is 0.00570. The Hall–Kier alpha value is -3.19. The van der Waals surface area contributed by atoms with E-state index >= 15 is 0 Å². The molecule has 0 spiro atoms. The van der Waals surface area contributed by atoms with Gasteiger partial charge in [-0.3, -0.25) is 14.3 Å². The fraction of sp³-hybridized carbons (Fsp3) is 0.444. The minimum Gasteiger partial charge on any atom is -0.333 e. The maximum atomic E-state index is 13.6. The Labute approximate surface area is 201 Å². The quantitative estimate of drug-likeness (QED) is 0.623. The number of aromatic nitrogens is 2. The molecule has 0 radical (unpaired) electrons. The summed E-state index contributed by atoms with van der Waals surface area (Å²) in [6.45, 7) is 11.4. The molecule has 1 unspecified atom stereocenters. The number of nitrogens with one attached hydrogen (secondary N) is 1. The Morgan fingerprint density at radius 3 is 2.29 bits per heavy atom. The normalized spacial score (nSPS) is 15.9. The summed E-state index contributed by atoms with van der Waals surface area (Å²) in [5.41, 5.74) is 1.53. The van der Waals surface area contributed by atoms with Gasteiger partial charge in [0.25, 0.3) is 5.56 Å². The van der Waals surface area contributed by atoms with Crippen LogP contribution >= 0.6 is 0 Å². The summed E-state index contributed by atoms with van der Waals surface area (Å²) in [5.74, 6) is 0.794. The molecule has 1 aliphatic heterocycles. The van der Waals surface area contributed by atoms with Crippen molar-refractivity contribution in [3.63, 3.8) is 0 Å². The summed E-state index contributed by atoms with van der Waals surface area (Å²) in [7, 11) is 0. The van der Waals surface area contributed by atoms with Gasteiger partial charge in [0, 0.05) is 31.7 Å². The fourth-order valence-electron chi connectivity index (χ4n) is 4.60. The number of benzene rings is 2. The van der Waals surface area contributed by atoms with Gasteiger partial charge in [-0.05, 0) is 44.9 Å². The van der Waals surface area contributed by atoms with Crippen molar-refractivity contribution in [2.45, 2.75) is 52.2 Å². The highest BCUT2D eigenvalue weighted by Gasteiger charge is 2.30. The van der Waals surface area contributed by atoms with E-state index in [0.29, 0.717) is 25.0 Å². The molecule has 34 heavy (non-hydrogen) atoms. The molecule has 1 aromatic heterocycles. The first kappa shape index (κ1) is 24.0. The zero-order valence-electron chi connectivity index (χ0n) is 20.6. The molecule has 2 aromatic carbocycles. The second-order valence-corrected chi connectivity index (χ2v) is 9.99. The van der Waals surface area contributed by atoms with Gasteiger partial charge in [-0.25, -0.2) is 9.78 Å². The van der Waals surface area contributed by atoms with Crippen LogP contribution in [0.1, 0.15) is 51.5 Å². The van der Waals surface area contributed by atoms with Gasteiger partial charge in [-0.15, -0.1) is 0 Å². The van der Waals surface area contributed by atoms with Crippen LogP contribution in [0.25, 0.3) is 10.9 Å². The lowest BCUT2D eigenvalue weighted by molar-refractivity contribution is 0.0980. The SMILES string of the molecule is CCC(c1nc2ccccc2c(=O)n1Cc1ccccc1)N1CCN(C(=O)NC(C)(C)C)CC1. The third-order valence-electron chi connectivity index (χ3n) is 6.28. The van der Waals surface area contributed by atoms with Gasteiger partial charge >= 0.3 is 6.03 Å². The monoisotopic (exact) mass is 461 g/mol. The number of nitrogens with zero attached hydrogens (tertiary/aromatic N) is 4. The van der Waals surface area contributed by atoms with E-state index in [9.17, 15) is 9.59 Å². The lowest BCUT2D eigenvalue weighted by Crippen LogP contribution is -2.55.